The molecule has 1 aromatic heterocycles. The second-order valence-electron chi connectivity index (χ2n) is 8.28. The first-order valence-corrected chi connectivity index (χ1v) is 11.5. The SMILES string of the molecule is CCN(C(=O)c1cc(OC)cc(OC)c1)C(C)c1nc2ccccc2c(=O)n1-c1ccccc1C. The van der Waals surface area contributed by atoms with E-state index in [4.69, 9.17) is 14.5 Å². The first kappa shape index (κ1) is 24.0. The standard InChI is InChI=1S/C28H29N3O4/c1-6-30(27(32)20-15-21(34-4)17-22(16-20)35-5)19(3)26-29-24-13-9-8-12-23(24)28(33)31(26)25-14-10-7-11-18(25)2/h7-17,19H,6H2,1-5H3. The largest absolute Gasteiger partial charge is 0.497 e. The summed E-state index contributed by atoms with van der Waals surface area (Å²) in [6.45, 7) is 6.17. The van der Waals surface area contributed by atoms with Gasteiger partial charge in [0.25, 0.3) is 11.5 Å². The number of benzene rings is 3. The molecule has 1 heterocycles. The van der Waals surface area contributed by atoms with Gasteiger partial charge in [-0.3, -0.25) is 14.2 Å². The molecule has 4 aromatic rings. The van der Waals surface area contributed by atoms with E-state index in [1.807, 2.05) is 63.2 Å². The number of nitrogens with zero attached hydrogens (tertiary/aromatic N) is 3. The number of aryl methyl sites for hydroxylation is 1. The molecule has 0 aliphatic rings. The van der Waals surface area contributed by atoms with Crippen molar-refractivity contribution in [3.05, 3.63) is 94.0 Å². The summed E-state index contributed by atoms with van der Waals surface area (Å²) in [6, 6.07) is 19.5. The monoisotopic (exact) mass is 471 g/mol. The van der Waals surface area contributed by atoms with Crippen LogP contribution in [0.1, 0.15) is 41.6 Å². The molecule has 0 aliphatic carbocycles. The average Bonchev–Trinajstić information content (AvgIpc) is 2.89. The van der Waals surface area contributed by atoms with E-state index < -0.39 is 6.04 Å². The van der Waals surface area contributed by atoms with Crippen molar-refractivity contribution < 1.29 is 14.3 Å². The molecule has 0 N–H and O–H groups in total. The van der Waals surface area contributed by atoms with Crippen LogP contribution in [-0.4, -0.2) is 41.1 Å². The summed E-state index contributed by atoms with van der Waals surface area (Å²) >= 11 is 0. The Kier molecular flexibility index (Phi) is 6.87. The Morgan fingerprint density at radius 3 is 2.26 bits per heavy atom. The van der Waals surface area contributed by atoms with Crippen molar-refractivity contribution in [1.29, 1.82) is 0 Å². The molecule has 0 fully saturated rings. The van der Waals surface area contributed by atoms with E-state index in [0.717, 1.165) is 11.3 Å². The van der Waals surface area contributed by atoms with E-state index in [1.165, 1.54) is 0 Å². The van der Waals surface area contributed by atoms with Gasteiger partial charge >= 0.3 is 0 Å². The maximum Gasteiger partial charge on any atom is 0.266 e. The van der Waals surface area contributed by atoms with Crippen LogP contribution in [0.2, 0.25) is 0 Å². The van der Waals surface area contributed by atoms with Crippen LogP contribution in [-0.2, 0) is 0 Å². The summed E-state index contributed by atoms with van der Waals surface area (Å²) in [4.78, 5) is 34.0. The minimum Gasteiger partial charge on any atom is -0.497 e. The highest BCUT2D eigenvalue weighted by Crippen LogP contribution is 2.28. The minimum atomic E-state index is -0.499. The summed E-state index contributed by atoms with van der Waals surface area (Å²) in [6.07, 6.45) is 0. The highest BCUT2D eigenvalue weighted by Gasteiger charge is 2.27. The Morgan fingerprint density at radius 1 is 1.00 bits per heavy atom. The quantitative estimate of drug-likeness (QED) is 0.382. The summed E-state index contributed by atoms with van der Waals surface area (Å²) in [7, 11) is 3.09. The van der Waals surface area contributed by atoms with E-state index in [0.29, 0.717) is 40.3 Å². The first-order valence-electron chi connectivity index (χ1n) is 11.5. The summed E-state index contributed by atoms with van der Waals surface area (Å²) < 4.78 is 12.3. The van der Waals surface area contributed by atoms with Crippen LogP contribution in [0.25, 0.3) is 16.6 Å². The predicted molar refractivity (Wildman–Crippen MR) is 137 cm³/mol. The Hall–Kier alpha value is -4.13. The van der Waals surface area contributed by atoms with Crippen molar-refractivity contribution in [3.8, 4) is 17.2 Å². The van der Waals surface area contributed by atoms with E-state index in [1.54, 1.807) is 48.0 Å². The highest BCUT2D eigenvalue weighted by atomic mass is 16.5. The minimum absolute atomic E-state index is 0.168. The smallest absolute Gasteiger partial charge is 0.266 e. The van der Waals surface area contributed by atoms with Crippen LogP contribution in [0, 0.1) is 6.92 Å². The lowest BCUT2D eigenvalue weighted by Gasteiger charge is -2.30. The van der Waals surface area contributed by atoms with Crippen molar-refractivity contribution in [2.45, 2.75) is 26.8 Å². The van der Waals surface area contributed by atoms with Gasteiger partial charge in [-0.1, -0.05) is 30.3 Å². The van der Waals surface area contributed by atoms with Crippen molar-refractivity contribution in [2.75, 3.05) is 20.8 Å². The number of para-hydroxylation sites is 2. The molecule has 1 amide bonds. The van der Waals surface area contributed by atoms with Gasteiger partial charge in [-0.05, 0) is 56.7 Å². The van der Waals surface area contributed by atoms with E-state index in [-0.39, 0.29) is 11.5 Å². The number of carbonyl (C=O) groups is 1. The van der Waals surface area contributed by atoms with Gasteiger partial charge in [0, 0.05) is 18.2 Å². The van der Waals surface area contributed by atoms with Gasteiger partial charge in [0.2, 0.25) is 0 Å². The molecule has 0 radical (unpaired) electrons. The molecule has 180 valence electrons. The van der Waals surface area contributed by atoms with Crippen molar-refractivity contribution in [3.63, 3.8) is 0 Å². The molecule has 4 rings (SSSR count). The third-order valence-corrected chi connectivity index (χ3v) is 6.20. The number of ether oxygens (including phenoxy) is 2. The maximum absolute atomic E-state index is 13.7. The van der Waals surface area contributed by atoms with Crippen LogP contribution in [0.4, 0.5) is 0 Å². The zero-order valence-electron chi connectivity index (χ0n) is 20.6. The fraction of sp³-hybridized carbons (Fsp3) is 0.250. The average molecular weight is 472 g/mol. The number of hydrogen-bond donors (Lipinski definition) is 0. The molecular weight excluding hydrogens is 442 g/mol. The molecule has 0 spiro atoms. The third kappa shape index (κ3) is 4.49. The number of rotatable bonds is 7. The fourth-order valence-corrected chi connectivity index (χ4v) is 4.31. The van der Waals surface area contributed by atoms with Gasteiger partial charge in [-0.25, -0.2) is 4.98 Å². The fourth-order valence-electron chi connectivity index (χ4n) is 4.31. The van der Waals surface area contributed by atoms with Gasteiger partial charge in [0.15, 0.2) is 0 Å². The van der Waals surface area contributed by atoms with Crippen molar-refractivity contribution >= 4 is 16.8 Å². The zero-order chi connectivity index (χ0) is 25.1. The number of amides is 1. The maximum atomic E-state index is 13.7. The number of carbonyl (C=O) groups excluding carboxylic acids is 1. The summed E-state index contributed by atoms with van der Waals surface area (Å²) in [5.74, 6) is 1.33. The zero-order valence-corrected chi connectivity index (χ0v) is 20.6. The second-order valence-corrected chi connectivity index (χ2v) is 8.28. The lowest BCUT2D eigenvalue weighted by atomic mass is 10.1. The van der Waals surface area contributed by atoms with Gasteiger partial charge in [-0.2, -0.15) is 0 Å². The molecule has 0 saturated carbocycles. The van der Waals surface area contributed by atoms with Gasteiger partial charge in [0.1, 0.15) is 17.3 Å². The summed E-state index contributed by atoms with van der Waals surface area (Å²) in [5.41, 5.74) is 2.53. The number of methoxy groups -OCH3 is 2. The molecule has 0 saturated heterocycles. The van der Waals surface area contributed by atoms with Crippen LogP contribution in [0.3, 0.4) is 0 Å². The van der Waals surface area contributed by atoms with Gasteiger partial charge in [-0.15, -0.1) is 0 Å². The van der Waals surface area contributed by atoms with Crippen LogP contribution < -0.4 is 15.0 Å². The number of aromatic nitrogens is 2. The number of fused-ring (bicyclic) bond motifs is 1. The first-order chi connectivity index (χ1) is 16.9. The Bertz CT molecular complexity index is 1420. The lowest BCUT2D eigenvalue weighted by Crippen LogP contribution is -2.37. The number of hydrogen-bond acceptors (Lipinski definition) is 5. The van der Waals surface area contributed by atoms with Crippen LogP contribution in [0.5, 0.6) is 11.5 Å². The Balaban J connectivity index is 1.89. The Morgan fingerprint density at radius 2 is 1.63 bits per heavy atom. The molecule has 0 aliphatic heterocycles. The molecule has 0 bridgehead atoms. The predicted octanol–water partition coefficient (Wildman–Crippen LogP) is 4.93. The second kappa shape index (κ2) is 10.0. The molecule has 3 aromatic carbocycles. The van der Waals surface area contributed by atoms with Crippen LogP contribution >= 0.6 is 0 Å². The van der Waals surface area contributed by atoms with Gasteiger partial charge in [0.05, 0.1) is 36.9 Å². The molecule has 7 nitrogen and oxygen atoms in total. The highest BCUT2D eigenvalue weighted by molar-refractivity contribution is 5.95. The van der Waals surface area contributed by atoms with Gasteiger partial charge < -0.3 is 14.4 Å². The van der Waals surface area contributed by atoms with Crippen molar-refractivity contribution in [1.82, 2.24) is 14.5 Å². The Labute approximate surface area is 204 Å². The van der Waals surface area contributed by atoms with E-state index in [2.05, 4.69) is 0 Å². The van der Waals surface area contributed by atoms with E-state index in [9.17, 15) is 9.59 Å². The molecule has 1 unspecified atom stereocenters. The summed E-state index contributed by atoms with van der Waals surface area (Å²) in [5, 5.41) is 0.526. The lowest BCUT2D eigenvalue weighted by molar-refractivity contribution is 0.0692. The topological polar surface area (TPSA) is 73.7 Å². The third-order valence-electron chi connectivity index (χ3n) is 6.20. The van der Waals surface area contributed by atoms with Crippen LogP contribution in [0.15, 0.2) is 71.5 Å². The normalized spacial score (nSPS) is 11.8. The van der Waals surface area contributed by atoms with Crippen molar-refractivity contribution in [2.24, 2.45) is 0 Å². The van der Waals surface area contributed by atoms with E-state index >= 15 is 0 Å². The molecular formula is C28H29N3O4. The molecule has 35 heavy (non-hydrogen) atoms. The molecule has 7 heteroatoms. The molecule has 1 atom stereocenters.